The third-order valence-electron chi connectivity index (χ3n) is 6.24. The summed E-state index contributed by atoms with van der Waals surface area (Å²) in [5.74, 6) is -0.0167. The van der Waals surface area contributed by atoms with Gasteiger partial charge in [0.1, 0.15) is 0 Å². The number of hydrogen-bond donors (Lipinski definition) is 2. The summed E-state index contributed by atoms with van der Waals surface area (Å²) in [6.07, 6.45) is 0. The molecule has 3 rings (SSSR count). The molecule has 0 radical (unpaired) electrons. The summed E-state index contributed by atoms with van der Waals surface area (Å²) in [4.78, 5) is 30.7. The summed E-state index contributed by atoms with van der Waals surface area (Å²) in [7, 11) is 0. The normalized spacial score (nSPS) is 14.4. The first-order chi connectivity index (χ1) is 14.9. The summed E-state index contributed by atoms with van der Waals surface area (Å²) >= 11 is 0. The van der Waals surface area contributed by atoms with Crippen molar-refractivity contribution < 1.29 is 14.5 Å². The van der Waals surface area contributed by atoms with Crippen molar-refractivity contribution in [2.24, 2.45) is 0 Å². The quantitative estimate of drug-likeness (QED) is 0.717. The number of carbonyl (C=O) groups is 2. The zero-order valence-electron chi connectivity index (χ0n) is 19.2. The van der Waals surface area contributed by atoms with Gasteiger partial charge >= 0.3 is 0 Å². The number of anilines is 2. The number of carbonyl (C=O) groups excluding carboxylic acids is 2. The van der Waals surface area contributed by atoms with Gasteiger partial charge < -0.3 is 20.0 Å². The van der Waals surface area contributed by atoms with Crippen LogP contribution in [0.5, 0.6) is 0 Å². The maximum atomic E-state index is 12.6. The van der Waals surface area contributed by atoms with Crippen LogP contribution in [0.15, 0.2) is 42.5 Å². The van der Waals surface area contributed by atoms with Crippen molar-refractivity contribution >= 4 is 23.2 Å². The molecule has 0 atom stereocenters. The van der Waals surface area contributed by atoms with E-state index >= 15 is 0 Å². The van der Waals surface area contributed by atoms with Crippen LogP contribution in [0.1, 0.15) is 35.3 Å². The summed E-state index contributed by atoms with van der Waals surface area (Å²) in [5, 5.41) is 2.97. The molecule has 0 aliphatic carbocycles. The molecule has 6 nitrogen and oxygen atoms in total. The smallest absolute Gasteiger partial charge is 0.279 e. The van der Waals surface area contributed by atoms with Gasteiger partial charge in [-0.2, -0.15) is 0 Å². The first-order valence-electron chi connectivity index (χ1n) is 11.3. The third-order valence-corrected chi connectivity index (χ3v) is 6.24. The second kappa shape index (κ2) is 10.4. The molecule has 31 heavy (non-hydrogen) atoms. The highest BCUT2D eigenvalue weighted by Crippen LogP contribution is 2.22. The largest absolute Gasteiger partial charge is 0.360 e. The Morgan fingerprint density at radius 3 is 2.39 bits per heavy atom. The number of benzene rings is 2. The molecule has 0 unspecified atom stereocenters. The van der Waals surface area contributed by atoms with E-state index in [9.17, 15) is 9.59 Å². The molecule has 6 heteroatoms. The molecule has 2 amide bonds. The number of nitrogens with one attached hydrogen (secondary N) is 2. The highest BCUT2D eigenvalue weighted by atomic mass is 16.2. The van der Waals surface area contributed by atoms with Crippen molar-refractivity contribution in [2.45, 2.75) is 27.7 Å². The van der Waals surface area contributed by atoms with E-state index in [0.29, 0.717) is 30.9 Å². The van der Waals surface area contributed by atoms with Crippen LogP contribution in [0.4, 0.5) is 11.4 Å². The molecule has 0 bridgehead atoms. The van der Waals surface area contributed by atoms with Crippen LogP contribution < -0.4 is 15.1 Å². The second-order valence-corrected chi connectivity index (χ2v) is 8.24. The van der Waals surface area contributed by atoms with Gasteiger partial charge in [0.15, 0.2) is 6.54 Å². The summed E-state index contributed by atoms with van der Waals surface area (Å²) in [5.41, 5.74) is 5.24. The highest BCUT2D eigenvalue weighted by molar-refractivity contribution is 5.97. The first kappa shape index (κ1) is 22.8. The predicted molar refractivity (Wildman–Crippen MR) is 126 cm³/mol. The van der Waals surface area contributed by atoms with Crippen molar-refractivity contribution in [1.29, 1.82) is 0 Å². The maximum Gasteiger partial charge on any atom is 0.279 e. The Balaban J connectivity index is 1.53. The zero-order chi connectivity index (χ0) is 22.4. The molecule has 1 saturated heterocycles. The minimum Gasteiger partial charge on any atom is -0.360 e. The molecular formula is C25H35N4O2+. The van der Waals surface area contributed by atoms with Gasteiger partial charge in [0.25, 0.3) is 11.8 Å². The molecule has 2 aromatic rings. The monoisotopic (exact) mass is 423 g/mol. The molecule has 1 aliphatic heterocycles. The van der Waals surface area contributed by atoms with E-state index < -0.39 is 0 Å². The van der Waals surface area contributed by atoms with Crippen molar-refractivity contribution in [3.63, 3.8) is 0 Å². The van der Waals surface area contributed by atoms with Crippen LogP contribution in [0.2, 0.25) is 0 Å². The van der Waals surface area contributed by atoms with Crippen molar-refractivity contribution in [1.82, 2.24) is 4.90 Å². The fraction of sp³-hybridized carbons (Fsp3) is 0.440. The maximum absolute atomic E-state index is 12.6. The molecule has 0 spiro atoms. The Bertz CT molecular complexity index is 915. The molecule has 0 aromatic heterocycles. The van der Waals surface area contributed by atoms with Gasteiger partial charge in [-0.1, -0.05) is 18.2 Å². The van der Waals surface area contributed by atoms with Gasteiger partial charge in [-0.15, -0.1) is 0 Å². The highest BCUT2D eigenvalue weighted by Gasteiger charge is 2.23. The molecule has 1 fully saturated rings. The number of rotatable bonds is 7. The van der Waals surface area contributed by atoms with E-state index in [-0.39, 0.29) is 11.8 Å². The number of amides is 2. The van der Waals surface area contributed by atoms with Crippen molar-refractivity contribution in [3.05, 3.63) is 59.2 Å². The minimum absolute atomic E-state index is 0.00529. The number of piperazine rings is 1. The van der Waals surface area contributed by atoms with Gasteiger partial charge in [-0.05, 0) is 63.1 Å². The van der Waals surface area contributed by atoms with Crippen LogP contribution in [0, 0.1) is 13.8 Å². The number of aryl methyl sites for hydroxylation is 1. The lowest BCUT2D eigenvalue weighted by atomic mass is 10.1. The Morgan fingerprint density at radius 1 is 1.03 bits per heavy atom. The van der Waals surface area contributed by atoms with Gasteiger partial charge in [0.2, 0.25) is 0 Å². The fourth-order valence-electron chi connectivity index (χ4n) is 4.17. The average molecular weight is 424 g/mol. The number of quaternary nitrogens is 1. The zero-order valence-corrected chi connectivity index (χ0v) is 19.2. The topological polar surface area (TPSA) is 57.1 Å². The first-order valence-corrected chi connectivity index (χ1v) is 11.3. The van der Waals surface area contributed by atoms with Crippen LogP contribution in [0.3, 0.4) is 0 Å². The molecule has 1 aliphatic rings. The van der Waals surface area contributed by atoms with E-state index in [1.807, 2.05) is 26.0 Å². The molecule has 166 valence electrons. The Morgan fingerprint density at radius 2 is 1.71 bits per heavy atom. The van der Waals surface area contributed by atoms with E-state index in [0.717, 1.165) is 26.2 Å². The standard InChI is InChI=1S/C25H34N4O2/c1-5-28(6-2)25(31)21-10-8-11-22(17-21)26-24(30)18-27-13-15-29(16-14-27)23-12-7-9-19(3)20(23)4/h7-12,17H,5-6,13-16,18H2,1-4H3,(H,26,30)/p+1. The van der Waals surface area contributed by atoms with Gasteiger partial charge in [0.05, 0.1) is 26.2 Å². The van der Waals surface area contributed by atoms with Crippen LogP contribution in [-0.2, 0) is 4.79 Å². The summed E-state index contributed by atoms with van der Waals surface area (Å²) in [6.45, 7) is 13.8. The lowest BCUT2D eigenvalue weighted by molar-refractivity contribution is -0.892. The molecule has 1 heterocycles. The Kier molecular flexibility index (Phi) is 7.69. The van der Waals surface area contributed by atoms with Crippen LogP contribution in [-0.4, -0.2) is 62.5 Å². The summed E-state index contributed by atoms with van der Waals surface area (Å²) in [6, 6.07) is 13.7. The minimum atomic E-state index is -0.0115. The second-order valence-electron chi connectivity index (χ2n) is 8.24. The van der Waals surface area contributed by atoms with Crippen LogP contribution >= 0.6 is 0 Å². The third kappa shape index (κ3) is 5.64. The SMILES string of the molecule is CCN(CC)C(=O)c1cccc(NC(=O)C[NH+]2CCN(c3cccc(C)c3C)CC2)c1. The van der Waals surface area contributed by atoms with Gasteiger partial charge in [-0.25, -0.2) is 0 Å². The average Bonchev–Trinajstić information content (AvgIpc) is 2.77. The Hall–Kier alpha value is -2.86. The van der Waals surface area contributed by atoms with Gasteiger partial charge in [-0.3, -0.25) is 9.59 Å². The number of nitrogens with zero attached hydrogens (tertiary/aromatic N) is 2. The van der Waals surface area contributed by atoms with E-state index in [1.165, 1.54) is 21.7 Å². The lowest BCUT2D eigenvalue weighted by Gasteiger charge is -2.34. The molecular weight excluding hydrogens is 388 g/mol. The fourth-order valence-corrected chi connectivity index (χ4v) is 4.17. The number of hydrogen-bond acceptors (Lipinski definition) is 3. The van der Waals surface area contributed by atoms with Gasteiger partial charge in [0, 0.05) is 30.0 Å². The predicted octanol–water partition coefficient (Wildman–Crippen LogP) is 2.13. The van der Waals surface area contributed by atoms with E-state index in [1.54, 1.807) is 17.0 Å². The molecule has 0 saturated carbocycles. The lowest BCUT2D eigenvalue weighted by Crippen LogP contribution is -3.15. The van der Waals surface area contributed by atoms with Crippen molar-refractivity contribution in [3.8, 4) is 0 Å². The van der Waals surface area contributed by atoms with Crippen molar-refractivity contribution in [2.75, 3.05) is 56.0 Å². The summed E-state index contributed by atoms with van der Waals surface area (Å²) < 4.78 is 0. The Labute approximate surface area is 185 Å². The van der Waals surface area contributed by atoms with Crippen LogP contribution in [0.25, 0.3) is 0 Å². The molecule has 2 N–H and O–H groups in total. The molecule has 2 aromatic carbocycles. The van der Waals surface area contributed by atoms with E-state index in [4.69, 9.17) is 0 Å². The van der Waals surface area contributed by atoms with E-state index in [2.05, 4.69) is 42.3 Å².